The Morgan fingerprint density at radius 1 is 1.17 bits per heavy atom. The molecular formula is C19H20N4O. The third kappa shape index (κ3) is 2.32. The number of aromatic nitrogens is 3. The van der Waals surface area contributed by atoms with Gasteiger partial charge in [0, 0.05) is 17.8 Å². The fourth-order valence-corrected chi connectivity index (χ4v) is 3.65. The van der Waals surface area contributed by atoms with E-state index < -0.39 is 0 Å². The smallest absolute Gasteiger partial charge is 0.267 e. The van der Waals surface area contributed by atoms with Crippen LogP contribution in [-0.2, 0) is 0 Å². The standard InChI is InChI=1S/C19H20N4O/c1-13-21-16-9-4-3-7-14(16)19(24)23(13)18-15(8-5-11-20-18)17-10-6-12-22(17)2/h3-5,7-9,11,17H,6,10,12H2,1-2H3. The minimum Gasteiger partial charge on any atom is -0.299 e. The molecule has 1 atom stereocenters. The van der Waals surface area contributed by atoms with Gasteiger partial charge in [-0.2, -0.15) is 0 Å². The van der Waals surface area contributed by atoms with Crippen LogP contribution < -0.4 is 5.56 Å². The van der Waals surface area contributed by atoms with Crippen molar-refractivity contribution in [3.63, 3.8) is 0 Å². The predicted molar refractivity (Wildman–Crippen MR) is 94.5 cm³/mol. The predicted octanol–water partition coefficient (Wildman–Crippen LogP) is 2.86. The maximum Gasteiger partial charge on any atom is 0.267 e. The second-order valence-corrected chi connectivity index (χ2v) is 6.37. The van der Waals surface area contributed by atoms with E-state index in [9.17, 15) is 4.79 Å². The molecule has 0 N–H and O–H groups in total. The van der Waals surface area contributed by atoms with Crippen LogP contribution in [0.25, 0.3) is 16.7 Å². The van der Waals surface area contributed by atoms with E-state index in [1.165, 1.54) is 6.42 Å². The molecule has 122 valence electrons. The molecule has 3 aromatic rings. The number of hydrogen-bond donors (Lipinski definition) is 0. The summed E-state index contributed by atoms with van der Waals surface area (Å²) < 4.78 is 1.66. The Morgan fingerprint density at radius 2 is 2.00 bits per heavy atom. The molecule has 1 aliphatic heterocycles. The Bertz CT molecular complexity index is 963. The Kier molecular flexibility index (Phi) is 3.65. The summed E-state index contributed by atoms with van der Waals surface area (Å²) in [5.41, 5.74) is 1.77. The van der Waals surface area contributed by atoms with Crippen molar-refractivity contribution in [1.82, 2.24) is 19.4 Å². The van der Waals surface area contributed by atoms with Crippen molar-refractivity contribution < 1.29 is 0 Å². The summed E-state index contributed by atoms with van der Waals surface area (Å²) in [6, 6.07) is 11.8. The van der Waals surface area contributed by atoms with Gasteiger partial charge in [0.1, 0.15) is 11.6 Å². The highest BCUT2D eigenvalue weighted by Crippen LogP contribution is 2.33. The molecule has 1 aliphatic rings. The fraction of sp³-hybridized carbons (Fsp3) is 0.316. The third-order valence-corrected chi connectivity index (χ3v) is 4.85. The van der Waals surface area contributed by atoms with Gasteiger partial charge in [-0.25, -0.2) is 14.5 Å². The average Bonchev–Trinajstić information content (AvgIpc) is 3.01. The van der Waals surface area contributed by atoms with Crippen LogP contribution in [0.4, 0.5) is 0 Å². The lowest BCUT2D eigenvalue weighted by Gasteiger charge is -2.23. The number of para-hydroxylation sites is 1. The van der Waals surface area contributed by atoms with Gasteiger partial charge in [-0.1, -0.05) is 18.2 Å². The van der Waals surface area contributed by atoms with Crippen molar-refractivity contribution in [2.45, 2.75) is 25.8 Å². The minimum atomic E-state index is -0.0568. The number of fused-ring (bicyclic) bond motifs is 1. The zero-order valence-electron chi connectivity index (χ0n) is 13.9. The Labute approximate surface area is 140 Å². The highest BCUT2D eigenvalue weighted by atomic mass is 16.1. The molecule has 1 saturated heterocycles. The maximum atomic E-state index is 13.1. The van der Waals surface area contributed by atoms with Crippen LogP contribution in [0.2, 0.25) is 0 Å². The molecule has 1 fully saturated rings. The van der Waals surface area contributed by atoms with Crippen LogP contribution in [-0.4, -0.2) is 33.0 Å². The quantitative estimate of drug-likeness (QED) is 0.728. The summed E-state index contributed by atoms with van der Waals surface area (Å²) in [6.07, 6.45) is 4.00. The Balaban J connectivity index is 1.98. The topological polar surface area (TPSA) is 51.0 Å². The van der Waals surface area contributed by atoms with Gasteiger partial charge in [-0.3, -0.25) is 9.69 Å². The van der Waals surface area contributed by atoms with E-state index in [-0.39, 0.29) is 5.56 Å². The maximum absolute atomic E-state index is 13.1. The van der Waals surface area contributed by atoms with Gasteiger partial charge in [0.2, 0.25) is 0 Å². The van der Waals surface area contributed by atoms with E-state index in [2.05, 4.69) is 28.0 Å². The zero-order valence-corrected chi connectivity index (χ0v) is 13.9. The molecule has 0 spiro atoms. The van der Waals surface area contributed by atoms with Crippen LogP contribution in [0.15, 0.2) is 47.4 Å². The first-order valence-corrected chi connectivity index (χ1v) is 8.31. The highest BCUT2D eigenvalue weighted by Gasteiger charge is 2.26. The zero-order chi connectivity index (χ0) is 16.7. The second kappa shape index (κ2) is 5.83. The number of benzene rings is 1. The third-order valence-electron chi connectivity index (χ3n) is 4.85. The van der Waals surface area contributed by atoms with Crippen LogP contribution in [0, 0.1) is 6.92 Å². The van der Waals surface area contributed by atoms with Gasteiger partial charge in [-0.15, -0.1) is 0 Å². The monoisotopic (exact) mass is 320 g/mol. The lowest BCUT2D eigenvalue weighted by Crippen LogP contribution is -2.26. The molecule has 0 saturated carbocycles. The van der Waals surface area contributed by atoms with Crippen molar-refractivity contribution in [3.05, 3.63) is 64.3 Å². The molecule has 0 amide bonds. The van der Waals surface area contributed by atoms with Gasteiger partial charge in [0.15, 0.2) is 0 Å². The van der Waals surface area contributed by atoms with E-state index in [0.717, 1.165) is 24.0 Å². The van der Waals surface area contributed by atoms with Crippen LogP contribution >= 0.6 is 0 Å². The van der Waals surface area contributed by atoms with Crippen molar-refractivity contribution in [2.24, 2.45) is 0 Å². The van der Waals surface area contributed by atoms with Gasteiger partial charge < -0.3 is 0 Å². The number of nitrogens with zero attached hydrogens (tertiary/aromatic N) is 4. The Morgan fingerprint density at radius 3 is 2.79 bits per heavy atom. The normalized spacial score (nSPS) is 18.3. The Hall–Kier alpha value is -2.53. The van der Waals surface area contributed by atoms with Crippen molar-refractivity contribution >= 4 is 10.9 Å². The number of hydrogen-bond acceptors (Lipinski definition) is 4. The molecule has 4 rings (SSSR count). The first-order valence-electron chi connectivity index (χ1n) is 8.31. The van der Waals surface area contributed by atoms with Crippen LogP contribution in [0.3, 0.4) is 0 Å². The lowest BCUT2D eigenvalue weighted by atomic mass is 10.1. The molecule has 1 unspecified atom stereocenters. The van der Waals surface area contributed by atoms with Crippen molar-refractivity contribution in [2.75, 3.05) is 13.6 Å². The van der Waals surface area contributed by atoms with Crippen molar-refractivity contribution in [1.29, 1.82) is 0 Å². The molecule has 5 nitrogen and oxygen atoms in total. The average molecular weight is 320 g/mol. The van der Waals surface area contributed by atoms with Crippen molar-refractivity contribution in [3.8, 4) is 5.82 Å². The summed E-state index contributed by atoms with van der Waals surface area (Å²) in [5.74, 6) is 1.37. The fourth-order valence-electron chi connectivity index (χ4n) is 3.65. The summed E-state index contributed by atoms with van der Waals surface area (Å²) in [4.78, 5) is 24.6. The molecule has 0 bridgehead atoms. The molecular weight excluding hydrogens is 300 g/mol. The van der Waals surface area contributed by atoms with E-state index in [1.54, 1.807) is 10.8 Å². The molecule has 0 radical (unpaired) electrons. The molecule has 24 heavy (non-hydrogen) atoms. The lowest BCUT2D eigenvalue weighted by molar-refractivity contribution is 0.316. The van der Waals surface area contributed by atoms with Gasteiger partial charge in [-0.05, 0) is 51.6 Å². The first kappa shape index (κ1) is 15.0. The van der Waals surface area contributed by atoms with E-state index in [1.807, 2.05) is 37.3 Å². The molecule has 5 heteroatoms. The van der Waals surface area contributed by atoms with E-state index in [0.29, 0.717) is 23.1 Å². The number of aryl methyl sites for hydroxylation is 1. The van der Waals surface area contributed by atoms with E-state index >= 15 is 0 Å². The summed E-state index contributed by atoms with van der Waals surface area (Å²) >= 11 is 0. The van der Waals surface area contributed by atoms with E-state index in [4.69, 9.17) is 0 Å². The first-order chi connectivity index (χ1) is 11.7. The summed E-state index contributed by atoms with van der Waals surface area (Å²) in [5, 5.41) is 0.625. The van der Waals surface area contributed by atoms with Gasteiger partial charge in [0.25, 0.3) is 5.56 Å². The van der Waals surface area contributed by atoms with Gasteiger partial charge in [0.05, 0.1) is 10.9 Å². The van der Waals surface area contributed by atoms with Crippen LogP contribution in [0.1, 0.15) is 30.3 Å². The molecule has 0 aliphatic carbocycles. The van der Waals surface area contributed by atoms with Crippen LogP contribution in [0.5, 0.6) is 0 Å². The number of rotatable bonds is 2. The molecule has 2 aromatic heterocycles. The number of pyridine rings is 1. The highest BCUT2D eigenvalue weighted by molar-refractivity contribution is 5.77. The summed E-state index contributed by atoms with van der Waals surface area (Å²) in [6.45, 7) is 2.94. The molecule has 3 heterocycles. The van der Waals surface area contributed by atoms with Gasteiger partial charge >= 0.3 is 0 Å². The SMILES string of the molecule is Cc1nc2ccccc2c(=O)n1-c1ncccc1C1CCCN1C. The number of likely N-dealkylation sites (tertiary alicyclic amines) is 1. The largest absolute Gasteiger partial charge is 0.299 e. The summed E-state index contributed by atoms with van der Waals surface area (Å²) in [7, 11) is 2.13. The minimum absolute atomic E-state index is 0.0568. The molecule has 1 aromatic carbocycles. The second-order valence-electron chi connectivity index (χ2n) is 6.37.